The molecule has 2 aliphatic heterocycles. The maximum Gasteiger partial charge on any atom is 0.263 e. The first kappa shape index (κ1) is 26.5. The van der Waals surface area contributed by atoms with Crippen molar-refractivity contribution in [1.29, 1.82) is 0 Å². The van der Waals surface area contributed by atoms with Gasteiger partial charge in [-0.3, -0.25) is 9.62 Å². The molecule has 0 amide bonds. The van der Waals surface area contributed by atoms with E-state index in [4.69, 9.17) is 21.1 Å². The molecular formula is C26H31ClN6O4S. The second-order valence-electron chi connectivity index (χ2n) is 9.53. The fourth-order valence-corrected chi connectivity index (χ4v) is 6.49. The minimum atomic E-state index is -3.94. The highest BCUT2D eigenvalue weighted by Gasteiger charge is 2.41. The summed E-state index contributed by atoms with van der Waals surface area (Å²) in [4.78, 5) is 11.2. The lowest BCUT2D eigenvalue weighted by Gasteiger charge is -2.33. The number of fused-ring (bicyclic) bond motifs is 1. The molecule has 202 valence electrons. The summed E-state index contributed by atoms with van der Waals surface area (Å²) in [7, 11) is -2.47. The normalized spacial score (nSPS) is 21.4. The number of nitrogens with one attached hydrogen (secondary N) is 3. The van der Waals surface area contributed by atoms with Crippen molar-refractivity contribution < 1.29 is 17.9 Å². The molecule has 5 rings (SSSR count). The number of likely N-dealkylation sites (N-methyl/N-ethyl adjacent to an activating group) is 1. The third-order valence-corrected chi connectivity index (χ3v) is 8.94. The van der Waals surface area contributed by atoms with Gasteiger partial charge in [0.25, 0.3) is 10.0 Å². The van der Waals surface area contributed by atoms with Crippen molar-refractivity contribution in [2.45, 2.75) is 43.2 Å². The zero-order chi connectivity index (χ0) is 26.9. The number of methoxy groups -OCH3 is 1. The number of likely N-dealkylation sites (tertiary alicyclic amines) is 1. The molecule has 0 saturated carbocycles. The monoisotopic (exact) mass is 558 g/mol. The zero-order valence-electron chi connectivity index (χ0n) is 21.5. The highest BCUT2D eigenvalue weighted by molar-refractivity contribution is 7.92. The van der Waals surface area contributed by atoms with Gasteiger partial charge in [-0.1, -0.05) is 30.7 Å². The van der Waals surface area contributed by atoms with Gasteiger partial charge in [0.05, 0.1) is 23.2 Å². The van der Waals surface area contributed by atoms with Crippen LogP contribution in [-0.4, -0.2) is 56.1 Å². The standard InChI is InChI=1S/C26H31ClN6O4S/c1-4-33-13-5-6-20(15-33)37-25-23-24(28-16-29-25)30-32-26(23,2)17-7-9-18(10-8-17)31-38(34,35)22-14-19(36-3)11-12-21(22)27/h7-12,14,16,20,31-32H,4-6,13,15H2,1-3H3,(H,28,29,30). The maximum absolute atomic E-state index is 13.0. The number of sulfonamides is 1. The predicted molar refractivity (Wildman–Crippen MR) is 146 cm³/mol. The third-order valence-electron chi connectivity index (χ3n) is 7.07. The summed E-state index contributed by atoms with van der Waals surface area (Å²) in [6.07, 6.45) is 3.60. The van der Waals surface area contributed by atoms with E-state index in [1.54, 1.807) is 18.2 Å². The van der Waals surface area contributed by atoms with E-state index in [0.717, 1.165) is 43.6 Å². The van der Waals surface area contributed by atoms with Crippen LogP contribution >= 0.6 is 11.6 Å². The van der Waals surface area contributed by atoms with Gasteiger partial charge in [-0.25, -0.2) is 23.8 Å². The Hall–Kier alpha value is -3.12. The van der Waals surface area contributed by atoms with E-state index in [1.807, 2.05) is 19.1 Å². The van der Waals surface area contributed by atoms with Gasteiger partial charge in [0.1, 0.15) is 23.1 Å². The molecule has 2 unspecified atom stereocenters. The molecule has 12 heteroatoms. The van der Waals surface area contributed by atoms with Crippen molar-refractivity contribution in [3.05, 3.63) is 64.9 Å². The largest absolute Gasteiger partial charge is 0.497 e. The van der Waals surface area contributed by atoms with E-state index in [-0.39, 0.29) is 16.0 Å². The third kappa shape index (κ3) is 5.11. The number of hydrogen-bond acceptors (Lipinski definition) is 9. The average molecular weight is 559 g/mol. The van der Waals surface area contributed by atoms with Crippen molar-refractivity contribution in [3.8, 4) is 11.6 Å². The molecule has 2 aromatic carbocycles. The molecular weight excluding hydrogens is 528 g/mol. The Bertz CT molecular complexity index is 1420. The van der Waals surface area contributed by atoms with Crippen LogP contribution in [0.15, 0.2) is 53.7 Å². The second kappa shape index (κ2) is 10.6. The van der Waals surface area contributed by atoms with Gasteiger partial charge in [-0.05, 0) is 62.7 Å². The van der Waals surface area contributed by atoms with Crippen LogP contribution in [0.3, 0.4) is 0 Å². The van der Waals surface area contributed by atoms with Crippen LogP contribution in [0.25, 0.3) is 0 Å². The Morgan fingerprint density at radius 2 is 2.00 bits per heavy atom. The summed E-state index contributed by atoms with van der Waals surface area (Å²) < 4.78 is 40.2. The van der Waals surface area contributed by atoms with Gasteiger partial charge in [-0.15, -0.1) is 0 Å². The number of ether oxygens (including phenoxy) is 2. The minimum Gasteiger partial charge on any atom is -0.497 e. The molecule has 10 nitrogen and oxygen atoms in total. The average Bonchev–Trinajstić information content (AvgIpc) is 3.27. The topological polar surface area (TPSA) is 118 Å². The zero-order valence-corrected chi connectivity index (χ0v) is 23.1. The predicted octanol–water partition coefficient (Wildman–Crippen LogP) is 4.00. The molecule has 1 fully saturated rings. The summed E-state index contributed by atoms with van der Waals surface area (Å²) in [6, 6.07) is 11.6. The Morgan fingerprint density at radius 1 is 1.21 bits per heavy atom. The lowest BCUT2D eigenvalue weighted by Crippen LogP contribution is -2.42. The van der Waals surface area contributed by atoms with E-state index < -0.39 is 15.6 Å². The Labute approximate surface area is 227 Å². The van der Waals surface area contributed by atoms with E-state index in [1.165, 1.54) is 25.6 Å². The number of piperidine rings is 1. The summed E-state index contributed by atoms with van der Waals surface area (Å²) >= 11 is 6.17. The van der Waals surface area contributed by atoms with Gasteiger partial charge >= 0.3 is 0 Å². The second-order valence-corrected chi connectivity index (χ2v) is 11.6. The lowest BCUT2D eigenvalue weighted by atomic mass is 9.87. The smallest absolute Gasteiger partial charge is 0.263 e. The van der Waals surface area contributed by atoms with Gasteiger partial charge in [0.15, 0.2) is 5.82 Å². The number of nitrogens with zero attached hydrogens (tertiary/aromatic N) is 3. The summed E-state index contributed by atoms with van der Waals surface area (Å²) in [5.41, 5.74) is 7.84. The minimum absolute atomic E-state index is 0.0489. The van der Waals surface area contributed by atoms with E-state index in [2.05, 4.69) is 37.4 Å². The van der Waals surface area contributed by atoms with Crippen LogP contribution in [0.1, 0.15) is 37.8 Å². The fourth-order valence-electron chi connectivity index (χ4n) is 4.92. The van der Waals surface area contributed by atoms with Gasteiger partial charge in [-0.2, -0.15) is 0 Å². The van der Waals surface area contributed by atoms with Crippen LogP contribution in [0.4, 0.5) is 11.5 Å². The molecule has 0 aliphatic carbocycles. The number of benzene rings is 2. The Balaban J connectivity index is 1.39. The molecule has 2 aliphatic rings. The quantitative estimate of drug-likeness (QED) is 0.377. The van der Waals surface area contributed by atoms with Crippen molar-refractivity contribution in [3.63, 3.8) is 0 Å². The first-order valence-corrected chi connectivity index (χ1v) is 14.3. The molecule has 1 aromatic heterocycles. The molecule has 3 heterocycles. The molecule has 1 saturated heterocycles. The highest BCUT2D eigenvalue weighted by atomic mass is 35.5. The molecule has 0 bridgehead atoms. The number of anilines is 2. The molecule has 3 aromatic rings. The Kier molecular flexibility index (Phi) is 7.36. The summed E-state index contributed by atoms with van der Waals surface area (Å²) in [5.74, 6) is 1.58. The van der Waals surface area contributed by atoms with Crippen LogP contribution in [0.2, 0.25) is 5.02 Å². The number of aromatic nitrogens is 2. The number of hydrazine groups is 1. The Morgan fingerprint density at radius 3 is 2.74 bits per heavy atom. The van der Waals surface area contributed by atoms with Crippen molar-refractivity contribution in [1.82, 2.24) is 20.3 Å². The highest BCUT2D eigenvalue weighted by Crippen LogP contribution is 2.42. The molecule has 0 radical (unpaired) electrons. The maximum atomic E-state index is 13.0. The first-order valence-electron chi connectivity index (χ1n) is 12.5. The van der Waals surface area contributed by atoms with Crippen molar-refractivity contribution >= 4 is 33.1 Å². The summed E-state index contributed by atoms with van der Waals surface area (Å²) in [6.45, 7) is 7.10. The van der Waals surface area contributed by atoms with Crippen LogP contribution in [0.5, 0.6) is 11.6 Å². The van der Waals surface area contributed by atoms with Crippen LogP contribution in [-0.2, 0) is 15.6 Å². The summed E-state index contributed by atoms with van der Waals surface area (Å²) in [5, 5.41) is 0.104. The van der Waals surface area contributed by atoms with Gasteiger partial charge in [0, 0.05) is 18.3 Å². The van der Waals surface area contributed by atoms with Crippen molar-refractivity contribution in [2.24, 2.45) is 0 Å². The molecule has 2 atom stereocenters. The van der Waals surface area contributed by atoms with E-state index in [9.17, 15) is 8.42 Å². The number of hydrogen-bond donors (Lipinski definition) is 3. The van der Waals surface area contributed by atoms with Crippen molar-refractivity contribution in [2.75, 3.05) is 36.9 Å². The number of rotatable bonds is 8. The van der Waals surface area contributed by atoms with Crippen LogP contribution in [0, 0.1) is 0 Å². The lowest BCUT2D eigenvalue weighted by molar-refractivity contribution is 0.0866. The van der Waals surface area contributed by atoms with E-state index in [0.29, 0.717) is 23.1 Å². The first-order chi connectivity index (χ1) is 18.2. The fraction of sp³-hybridized carbons (Fsp3) is 0.385. The van der Waals surface area contributed by atoms with E-state index >= 15 is 0 Å². The van der Waals surface area contributed by atoms with Gasteiger partial charge < -0.3 is 14.9 Å². The molecule has 3 N–H and O–H groups in total. The van der Waals surface area contributed by atoms with Crippen LogP contribution < -0.4 is 25.0 Å². The van der Waals surface area contributed by atoms with Gasteiger partial charge in [0.2, 0.25) is 5.88 Å². The molecule has 0 spiro atoms. The molecule has 38 heavy (non-hydrogen) atoms. The SMILES string of the molecule is CCN1CCCC(Oc2ncnc3c2C(C)(c2ccc(NS(=O)(=O)c4cc(OC)ccc4Cl)cc2)NN3)C1. The number of halogens is 1.